The number of anilines is 3. The Kier molecular flexibility index (Phi) is 11.8. The SMILES string of the molecule is O=C(O)CCC(=O)Nc1ccc(-c2cc(-c3ccc(NC(=O)CCC(=O)O)cc3)cc(-c3ccc(NC(=O)CCC(=O)O)cc3)c2)cc1. The predicted octanol–water partition coefficient (Wildman–Crippen LogP) is 6.10. The van der Waals surface area contributed by atoms with Crippen molar-refractivity contribution >= 4 is 52.7 Å². The molecular weight excluding hydrogens is 618 g/mol. The molecule has 3 amide bonds. The van der Waals surface area contributed by atoms with Crippen molar-refractivity contribution in [1.29, 1.82) is 0 Å². The van der Waals surface area contributed by atoms with Gasteiger partial charge in [-0.3, -0.25) is 28.8 Å². The molecule has 0 atom stereocenters. The number of hydrogen-bond donors (Lipinski definition) is 6. The van der Waals surface area contributed by atoms with Gasteiger partial charge in [-0.05, 0) is 88.0 Å². The zero-order valence-electron chi connectivity index (χ0n) is 25.7. The summed E-state index contributed by atoms with van der Waals surface area (Å²) in [6.45, 7) is 0. The molecule has 0 fully saturated rings. The minimum Gasteiger partial charge on any atom is -0.481 e. The van der Waals surface area contributed by atoms with Crippen LogP contribution in [0.25, 0.3) is 33.4 Å². The van der Waals surface area contributed by atoms with Gasteiger partial charge in [-0.1, -0.05) is 36.4 Å². The van der Waals surface area contributed by atoms with Crippen LogP contribution in [-0.4, -0.2) is 50.9 Å². The fourth-order valence-corrected chi connectivity index (χ4v) is 4.70. The largest absolute Gasteiger partial charge is 0.481 e. The van der Waals surface area contributed by atoms with E-state index in [2.05, 4.69) is 16.0 Å². The van der Waals surface area contributed by atoms with Crippen molar-refractivity contribution in [1.82, 2.24) is 0 Å². The van der Waals surface area contributed by atoms with Crippen molar-refractivity contribution in [2.75, 3.05) is 16.0 Å². The molecule has 12 nitrogen and oxygen atoms in total. The Morgan fingerprint density at radius 1 is 0.354 bits per heavy atom. The molecule has 0 bridgehead atoms. The van der Waals surface area contributed by atoms with Crippen LogP contribution in [0, 0.1) is 0 Å². The lowest BCUT2D eigenvalue weighted by atomic mass is 9.93. The minimum atomic E-state index is -1.05. The first-order valence-corrected chi connectivity index (χ1v) is 15.0. The van der Waals surface area contributed by atoms with Crippen molar-refractivity contribution in [2.45, 2.75) is 38.5 Å². The second-order valence-corrected chi connectivity index (χ2v) is 10.9. The Balaban J connectivity index is 1.61. The molecule has 0 spiro atoms. The number of carboxylic acid groups (broad SMARTS) is 3. The highest BCUT2D eigenvalue weighted by molar-refractivity contribution is 5.94. The summed E-state index contributed by atoms with van der Waals surface area (Å²) in [7, 11) is 0. The molecule has 4 rings (SSSR count). The average Bonchev–Trinajstić information content (AvgIpc) is 3.06. The van der Waals surface area contributed by atoms with Crippen LogP contribution in [0.5, 0.6) is 0 Å². The Bertz CT molecular complexity index is 1590. The number of hydrogen-bond acceptors (Lipinski definition) is 6. The second-order valence-electron chi connectivity index (χ2n) is 10.9. The molecule has 4 aromatic carbocycles. The standard InChI is InChI=1S/C36H33N3O9/c40-31(13-16-34(43)44)37-28-7-1-22(2-8-28)25-19-26(23-3-9-29(10-4-23)38-32(41)14-17-35(45)46)21-27(20-25)24-5-11-30(12-6-24)39-33(42)15-18-36(47)48/h1-12,19-21H,13-18H2,(H,37,40)(H,38,41)(H,39,42)(H,43,44)(H,45,46)(H,47,48). The Labute approximate surface area is 275 Å². The van der Waals surface area contributed by atoms with Gasteiger partial charge in [0.15, 0.2) is 0 Å². The second kappa shape index (κ2) is 16.3. The summed E-state index contributed by atoms with van der Waals surface area (Å²) in [6.07, 6.45) is -1.23. The molecule has 0 aliphatic carbocycles. The summed E-state index contributed by atoms with van der Waals surface area (Å²) in [5.74, 6) is -4.38. The van der Waals surface area contributed by atoms with E-state index in [4.69, 9.17) is 15.3 Å². The number of amides is 3. The van der Waals surface area contributed by atoms with Gasteiger partial charge in [0.25, 0.3) is 0 Å². The van der Waals surface area contributed by atoms with Gasteiger partial charge in [-0.15, -0.1) is 0 Å². The van der Waals surface area contributed by atoms with Crippen molar-refractivity contribution in [3.05, 3.63) is 91.0 Å². The maximum Gasteiger partial charge on any atom is 0.303 e. The molecule has 0 aromatic heterocycles. The molecule has 0 aliphatic heterocycles. The van der Waals surface area contributed by atoms with Crippen LogP contribution in [0.3, 0.4) is 0 Å². The molecule has 0 radical (unpaired) electrons. The lowest BCUT2D eigenvalue weighted by Crippen LogP contribution is -2.13. The van der Waals surface area contributed by atoms with E-state index in [1.807, 2.05) is 54.6 Å². The molecule has 12 heteroatoms. The topological polar surface area (TPSA) is 199 Å². The van der Waals surface area contributed by atoms with Gasteiger partial charge in [0.05, 0.1) is 19.3 Å². The molecule has 48 heavy (non-hydrogen) atoms. The summed E-state index contributed by atoms with van der Waals surface area (Å²) in [4.78, 5) is 68.6. The van der Waals surface area contributed by atoms with Crippen molar-refractivity contribution in [3.63, 3.8) is 0 Å². The summed E-state index contributed by atoms with van der Waals surface area (Å²) >= 11 is 0. The van der Waals surface area contributed by atoms with E-state index in [0.717, 1.165) is 33.4 Å². The molecular formula is C36H33N3O9. The van der Waals surface area contributed by atoms with E-state index in [1.165, 1.54) is 0 Å². The van der Waals surface area contributed by atoms with Gasteiger partial charge >= 0.3 is 17.9 Å². The smallest absolute Gasteiger partial charge is 0.303 e. The fourth-order valence-electron chi connectivity index (χ4n) is 4.70. The van der Waals surface area contributed by atoms with E-state index in [0.29, 0.717) is 17.1 Å². The quantitative estimate of drug-likeness (QED) is 0.0879. The zero-order chi connectivity index (χ0) is 34.6. The third kappa shape index (κ3) is 10.7. The number of carbonyl (C=O) groups excluding carboxylic acids is 3. The highest BCUT2D eigenvalue weighted by Gasteiger charge is 2.12. The van der Waals surface area contributed by atoms with Crippen LogP contribution in [0.4, 0.5) is 17.1 Å². The van der Waals surface area contributed by atoms with Gasteiger partial charge in [0.2, 0.25) is 17.7 Å². The van der Waals surface area contributed by atoms with E-state index >= 15 is 0 Å². The third-order valence-corrected chi connectivity index (χ3v) is 7.14. The molecule has 0 aliphatic rings. The first kappa shape index (κ1) is 34.6. The highest BCUT2D eigenvalue weighted by atomic mass is 16.4. The normalized spacial score (nSPS) is 10.5. The number of carbonyl (C=O) groups is 6. The average molecular weight is 652 g/mol. The maximum absolute atomic E-state index is 12.1. The first-order chi connectivity index (χ1) is 22.9. The van der Waals surface area contributed by atoms with E-state index in [-0.39, 0.29) is 38.5 Å². The summed E-state index contributed by atoms with van der Waals surface area (Å²) in [6, 6.07) is 27.3. The number of carboxylic acids is 3. The van der Waals surface area contributed by atoms with Gasteiger partial charge in [-0.2, -0.15) is 0 Å². The summed E-state index contributed by atoms with van der Waals surface area (Å²) in [5, 5.41) is 34.5. The lowest BCUT2D eigenvalue weighted by molar-refractivity contribution is -0.138. The third-order valence-electron chi connectivity index (χ3n) is 7.14. The number of rotatable bonds is 15. The lowest BCUT2D eigenvalue weighted by Gasteiger charge is -2.13. The molecule has 0 saturated carbocycles. The molecule has 6 N–H and O–H groups in total. The number of nitrogens with one attached hydrogen (secondary N) is 3. The van der Waals surface area contributed by atoms with Gasteiger partial charge in [0.1, 0.15) is 0 Å². The molecule has 0 unspecified atom stereocenters. The number of aliphatic carboxylic acids is 3. The monoisotopic (exact) mass is 651 g/mol. The fraction of sp³-hybridized carbons (Fsp3) is 0.167. The van der Waals surface area contributed by atoms with Crippen LogP contribution in [0.1, 0.15) is 38.5 Å². The van der Waals surface area contributed by atoms with Crippen LogP contribution in [0.2, 0.25) is 0 Å². The Morgan fingerprint density at radius 3 is 0.792 bits per heavy atom. The van der Waals surface area contributed by atoms with Crippen LogP contribution in [0.15, 0.2) is 91.0 Å². The molecule has 4 aromatic rings. The Morgan fingerprint density at radius 2 is 0.583 bits per heavy atom. The molecule has 0 heterocycles. The number of benzene rings is 4. The minimum absolute atomic E-state index is 0.141. The summed E-state index contributed by atoms with van der Waals surface area (Å²) in [5.41, 5.74) is 6.63. The van der Waals surface area contributed by atoms with Crippen molar-refractivity contribution < 1.29 is 44.1 Å². The molecule has 0 saturated heterocycles. The van der Waals surface area contributed by atoms with Crippen LogP contribution in [-0.2, 0) is 28.8 Å². The maximum atomic E-state index is 12.1. The van der Waals surface area contributed by atoms with Crippen molar-refractivity contribution in [3.8, 4) is 33.4 Å². The highest BCUT2D eigenvalue weighted by Crippen LogP contribution is 2.34. The van der Waals surface area contributed by atoms with Crippen LogP contribution >= 0.6 is 0 Å². The van der Waals surface area contributed by atoms with E-state index in [1.54, 1.807) is 36.4 Å². The zero-order valence-corrected chi connectivity index (χ0v) is 25.7. The van der Waals surface area contributed by atoms with Gasteiger partial charge < -0.3 is 31.3 Å². The summed E-state index contributed by atoms with van der Waals surface area (Å²) < 4.78 is 0. The predicted molar refractivity (Wildman–Crippen MR) is 179 cm³/mol. The van der Waals surface area contributed by atoms with Gasteiger partial charge in [-0.25, -0.2) is 0 Å². The van der Waals surface area contributed by atoms with Crippen LogP contribution < -0.4 is 16.0 Å². The van der Waals surface area contributed by atoms with E-state index < -0.39 is 35.6 Å². The first-order valence-electron chi connectivity index (χ1n) is 15.0. The van der Waals surface area contributed by atoms with Gasteiger partial charge in [0, 0.05) is 36.3 Å². The van der Waals surface area contributed by atoms with E-state index in [9.17, 15) is 28.8 Å². The molecule has 246 valence electrons. The Hall–Kier alpha value is -6.30. The van der Waals surface area contributed by atoms with Crippen molar-refractivity contribution in [2.24, 2.45) is 0 Å².